The molecular weight excluding hydrogens is 153 g/mol. The van der Waals surface area contributed by atoms with Gasteiger partial charge in [-0.25, -0.2) is 4.39 Å². The molecule has 0 bridgehead atoms. The molecule has 0 fully saturated rings. The van der Waals surface area contributed by atoms with E-state index in [9.17, 15) is 4.39 Å². The molecule has 0 unspecified atom stereocenters. The fourth-order valence-corrected chi connectivity index (χ4v) is 1.45. The van der Waals surface area contributed by atoms with Crippen LogP contribution in [0.15, 0.2) is 12.1 Å². The molecule has 0 radical (unpaired) electrons. The third-order valence-electron chi connectivity index (χ3n) is 2.01. The third kappa shape index (κ3) is 1.58. The lowest BCUT2D eigenvalue weighted by molar-refractivity contribution is 0.624. The predicted molar refractivity (Wildman–Crippen MR) is 50.1 cm³/mol. The Hall–Kier alpha value is -1.05. The number of anilines is 1. The highest BCUT2D eigenvalue weighted by atomic mass is 19.1. The highest BCUT2D eigenvalue weighted by Crippen LogP contribution is 2.21. The number of rotatable bonds is 2. The van der Waals surface area contributed by atoms with Crippen LogP contribution >= 0.6 is 0 Å². The average Bonchev–Trinajstić information content (AvgIpc) is 2.03. The molecule has 1 aromatic rings. The maximum Gasteiger partial charge on any atom is 0.123 e. The van der Waals surface area contributed by atoms with Crippen LogP contribution in [0.1, 0.15) is 18.1 Å². The summed E-state index contributed by atoms with van der Waals surface area (Å²) in [6, 6.07) is 3.13. The maximum atomic E-state index is 12.9. The molecule has 0 spiro atoms. The van der Waals surface area contributed by atoms with Crippen molar-refractivity contribution in [3.63, 3.8) is 0 Å². The van der Waals surface area contributed by atoms with Crippen molar-refractivity contribution in [2.45, 2.75) is 20.3 Å². The van der Waals surface area contributed by atoms with Crippen LogP contribution < -0.4 is 5.32 Å². The Labute approximate surface area is 72.6 Å². The van der Waals surface area contributed by atoms with Gasteiger partial charge in [-0.3, -0.25) is 0 Å². The first-order chi connectivity index (χ1) is 5.69. The lowest BCUT2D eigenvalue weighted by Gasteiger charge is -2.10. The fourth-order valence-electron chi connectivity index (χ4n) is 1.45. The number of aryl methyl sites for hydroxylation is 2. The molecule has 12 heavy (non-hydrogen) atoms. The largest absolute Gasteiger partial charge is 0.388 e. The molecule has 1 nitrogen and oxygen atoms in total. The average molecular weight is 167 g/mol. The summed E-state index contributed by atoms with van der Waals surface area (Å²) in [6.07, 6.45) is 0.856. The molecule has 1 aromatic carbocycles. The molecule has 0 aromatic heterocycles. The van der Waals surface area contributed by atoms with Gasteiger partial charge in [0.05, 0.1) is 0 Å². The molecule has 0 atom stereocenters. The van der Waals surface area contributed by atoms with E-state index < -0.39 is 0 Å². The summed E-state index contributed by atoms with van der Waals surface area (Å²) in [5, 5.41) is 3.08. The van der Waals surface area contributed by atoms with E-state index in [2.05, 4.69) is 5.32 Å². The van der Waals surface area contributed by atoms with Gasteiger partial charge in [0.15, 0.2) is 0 Å². The zero-order chi connectivity index (χ0) is 9.14. The third-order valence-corrected chi connectivity index (χ3v) is 2.01. The van der Waals surface area contributed by atoms with Crippen molar-refractivity contribution in [3.05, 3.63) is 29.1 Å². The molecule has 0 saturated carbocycles. The number of halogens is 1. The second-order valence-electron chi connectivity index (χ2n) is 2.86. The van der Waals surface area contributed by atoms with E-state index in [1.54, 1.807) is 12.1 Å². The monoisotopic (exact) mass is 167 g/mol. The number of hydrogen-bond donors (Lipinski definition) is 1. The molecule has 66 valence electrons. The second-order valence-corrected chi connectivity index (χ2v) is 2.86. The van der Waals surface area contributed by atoms with Crippen LogP contribution in [0.3, 0.4) is 0 Å². The SMILES string of the molecule is CCc1cc(F)cc(C)c1NC. The number of nitrogens with one attached hydrogen (secondary N) is 1. The zero-order valence-corrected chi connectivity index (χ0v) is 7.74. The summed E-state index contributed by atoms with van der Waals surface area (Å²) < 4.78 is 12.9. The van der Waals surface area contributed by atoms with Gasteiger partial charge in [-0.15, -0.1) is 0 Å². The molecule has 0 aliphatic heterocycles. The van der Waals surface area contributed by atoms with Crippen molar-refractivity contribution in [3.8, 4) is 0 Å². The Bertz CT molecular complexity index is 281. The van der Waals surface area contributed by atoms with Gasteiger partial charge in [0, 0.05) is 12.7 Å². The molecule has 0 aliphatic carbocycles. The Morgan fingerprint density at radius 1 is 1.42 bits per heavy atom. The van der Waals surface area contributed by atoms with E-state index >= 15 is 0 Å². The van der Waals surface area contributed by atoms with E-state index in [0.29, 0.717) is 0 Å². The van der Waals surface area contributed by atoms with Crippen LogP contribution in [-0.2, 0) is 6.42 Å². The van der Waals surface area contributed by atoms with E-state index in [1.807, 2.05) is 20.9 Å². The molecule has 0 heterocycles. The van der Waals surface area contributed by atoms with E-state index in [0.717, 1.165) is 23.2 Å². The summed E-state index contributed by atoms with van der Waals surface area (Å²) in [4.78, 5) is 0. The van der Waals surface area contributed by atoms with Gasteiger partial charge in [-0.1, -0.05) is 6.92 Å². The van der Waals surface area contributed by atoms with Crippen molar-refractivity contribution in [1.29, 1.82) is 0 Å². The van der Waals surface area contributed by atoms with Gasteiger partial charge in [0.2, 0.25) is 0 Å². The van der Waals surface area contributed by atoms with Crippen molar-refractivity contribution in [2.75, 3.05) is 12.4 Å². The predicted octanol–water partition coefficient (Wildman–Crippen LogP) is 2.74. The van der Waals surface area contributed by atoms with Crippen molar-refractivity contribution >= 4 is 5.69 Å². The van der Waals surface area contributed by atoms with Crippen molar-refractivity contribution in [2.24, 2.45) is 0 Å². The minimum Gasteiger partial charge on any atom is -0.388 e. The smallest absolute Gasteiger partial charge is 0.123 e. The van der Waals surface area contributed by atoms with Crippen molar-refractivity contribution in [1.82, 2.24) is 0 Å². The Morgan fingerprint density at radius 2 is 2.08 bits per heavy atom. The van der Waals surface area contributed by atoms with Gasteiger partial charge in [0.25, 0.3) is 0 Å². The topological polar surface area (TPSA) is 12.0 Å². The number of hydrogen-bond acceptors (Lipinski definition) is 1. The van der Waals surface area contributed by atoms with Crippen molar-refractivity contribution < 1.29 is 4.39 Å². The molecule has 0 aliphatic rings. The van der Waals surface area contributed by atoms with Crippen LogP contribution in [-0.4, -0.2) is 7.05 Å². The number of benzene rings is 1. The second kappa shape index (κ2) is 3.57. The van der Waals surface area contributed by atoms with Crippen LogP contribution in [0.2, 0.25) is 0 Å². The van der Waals surface area contributed by atoms with Gasteiger partial charge >= 0.3 is 0 Å². The Balaban J connectivity index is 3.24. The van der Waals surface area contributed by atoms with E-state index in [-0.39, 0.29) is 5.82 Å². The van der Waals surface area contributed by atoms with Crippen LogP contribution in [0.4, 0.5) is 10.1 Å². The van der Waals surface area contributed by atoms with Crippen LogP contribution in [0.5, 0.6) is 0 Å². The summed E-state index contributed by atoms with van der Waals surface area (Å²) in [7, 11) is 1.86. The minimum atomic E-state index is -0.150. The highest BCUT2D eigenvalue weighted by Gasteiger charge is 2.04. The van der Waals surface area contributed by atoms with Gasteiger partial charge in [0.1, 0.15) is 5.82 Å². The summed E-state index contributed by atoms with van der Waals surface area (Å²) in [6.45, 7) is 3.93. The first-order valence-electron chi connectivity index (χ1n) is 4.15. The maximum absolute atomic E-state index is 12.9. The summed E-state index contributed by atoms with van der Waals surface area (Å²) in [5.74, 6) is -0.150. The van der Waals surface area contributed by atoms with Gasteiger partial charge in [-0.05, 0) is 36.6 Å². The first-order valence-corrected chi connectivity index (χ1v) is 4.15. The van der Waals surface area contributed by atoms with Crippen LogP contribution in [0.25, 0.3) is 0 Å². The van der Waals surface area contributed by atoms with Gasteiger partial charge in [-0.2, -0.15) is 0 Å². The molecular formula is C10H14FN. The van der Waals surface area contributed by atoms with Gasteiger partial charge < -0.3 is 5.32 Å². The Kier molecular flexibility index (Phi) is 2.69. The van der Waals surface area contributed by atoms with E-state index in [1.165, 1.54) is 0 Å². The summed E-state index contributed by atoms with van der Waals surface area (Å²) >= 11 is 0. The van der Waals surface area contributed by atoms with E-state index in [4.69, 9.17) is 0 Å². The highest BCUT2D eigenvalue weighted by molar-refractivity contribution is 5.57. The first kappa shape index (κ1) is 9.04. The summed E-state index contributed by atoms with van der Waals surface area (Å²) in [5.41, 5.74) is 3.06. The van der Waals surface area contributed by atoms with Crippen LogP contribution in [0, 0.1) is 12.7 Å². The molecule has 0 amide bonds. The molecule has 2 heteroatoms. The lowest BCUT2D eigenvalue weighted by Crippen LogP contribution is -1.98. The molecule has 0 saturated heterocycles. The minimum absolute atomic E-state index is 0.150. The fraction of sp³-hybridized carbons (Fsp3) is 0.400. The quantitative estimate of drug-likeness (QED) is 0.714. The molecule has 1 rings (SSSR count). The Morgan fingerprint density at radius 3 is 2.58 bits per heavy atom. The zero-order valence-electron chi connectivity index (χ0n) is 7.74. The molecule has 1 N–H and O–H groups in total. The lowest BCUT2D eigenvalue weighted by atomic mass is 10.1. The standard InChI is InChI=1S/C10H14FN/c1-4-8-6-9(11)5-7(2)10(8)12-3/h5-6,12H,4H2,1-3H3. The normalized spacial score (nSPS) is 10.0.